The lowest BCUT2D eigenvalue weighted by atomic mass is 10.3. The molecule has 10 heteroatoms. The van der Waals surface area contributed by atoms with Gasteiger partial charge in [0.15, 0.2) is 0 Å². The molecule has 0 saturated carbocycles. The largest absolute Gasteiger partial charge is 0.573 e. The van der Waals surface area contributed by atoms with Gasteiger partial charge in [0.2, 0.25) is 0 Å². The van der Waals surface area contributed by atoms with Gasteiger partial charge in [0.1, 0.15) is 5.75 Å². The second-order valence-corrected chi connectivity index (χ2v) is 4.98. The normalized spacial score (nSPS) is 11.0. The van der Waals surface area contributed by atoms with E-state index in [0.717, 1.165) is 12.1 Å². The second kappa shape index (κ2) is 6.02. The highest BCUT2D eigenvalue weighted by Crippen LogP contribution is 2.26. The Bertz CT molecular complexity index is 697. The van der Waals surface area contributed by atoms with Crippen molar-refractivity contribution in [2.24, 2.45) is 0 Å². The average molecular weight is 332 g/mol. The third kappa shape index (κ3) is 4.19. The molecule has 0 unspecified atom stereocenters. The Hall–Kier alpha value is -2.62. The lowest BCUT2D eigenvalue weighted by molar-refractivity contribution is -0.380. The highest BCUT2D eigenvalue weighted by atomic mass is 32.1. The fourth-order valence-electron chi connectivity index (χ4n) is 1.48. The van der Waals surface area contributed by atoms with Gasteiger partial charge < -0.3 is 10.1 Å². The van der Waals surface area contributed by atoms with E-state index in [2.05, 4.69) is 10.1 Å². The number of nitrogens with one attached hydrogen (secondary N) is 1. The van der Waals surface area contributed by atoms with Gasteiger partial charge in [-0.2, -0.15) is 0 Å². The molecule has 0 radical (unpaired) electrons. The van der Waals surface area contributed by atoms with Crippen LogP contribution in [0.1, 0.15) is 9.67 Å². The standard InChI is InChI=1S/C12H7F3N2O4S/c13-12(14,15)21-8-3-1-7(2-4-8)16-11(18)9-5-6-10(22-9)17(19)20/h1-6H,(H,16,18). The van der Waals surface area contributed by atoms with Crippen LogP contribution in [0, 0.1) is 10.1 Å². The number of hydrogen-bond donors (Lipinski definition) is 1. The van der Waals surface area contributed by atoms with Crippen LogP contribution in [0.4, 0.5) is 23.9 Å². The SMILES string of the molecule is O=C(Nc1ccc(OC(F)(F)F)cc1)c1ccc([N+](=O)[O-])s1. The number of anilines is 1. The third-order valence-electron chi connectivity index (χ3n) is 2.34. The van der Waals surface area contributed by atoms with Crippen molar-refractivity contribution in [1.82, 2.24) is 0 Å². The third-order valence-corrected chi connectivity index (χ3v) is 3.38. The maximum atomic E-state index is 12.0. The van der Waals surface area contributed by atoms with Crippen molar-refractivity contribution < 1.29 is 27.6 Å². The van der Waals surface area contributed by atoms with Crippen LogP contribution in [-0.2, 0) is 0 Å². The van der Waals surface area contributed by atoms with E-state index in [1.54, 1.807) is 0 Å². The summed E-state index contributed by atoms with van der Waals surface area (Å²) in [5.41, 5.74) is 0.232. The molecule has 1 N–H and O–H groups in total. The molecular weight excluding hydrogens is 325 g/mol. The summed E-state index contributed by atoms with van der Waals surface area (Å²) in [5.74, 6) is -1.01. The van der Waals surface area contributed by atoms with Gasteiger partial charge >= 0.3 is 11.4 Å². The van der Waals surface area contributed by atoms with Gasteiger partial charge in [-0.3, -0.25) is 14.9 Å². The molecule has 1 aromatic heterocycles. The first kappa shape index (κ1) is 15.8. The number of nitro groups is 1. The van der Waals surface area contributed by atoms with Gasteiger partial charge in [-0.05, 0) is 30.3 Å². The lowest BCUT2D eigenvalue weighted by Crippen LogP contribution is -2.17. The highest BCUT2D eigenvalue weighted by molar-refractivity contribution is 7.17. The molecule has 0 aliphatic carbocycles. The summed E-state index contributed by atoms with van der Waals surface area (Å²) < 4.78 is 39.7. The number of alkyl halides is 3. The van der Waals surface area contributed by atoms with Crippen LogP contribution >= 0.6 is 11.3 Å². The van der Waals surface area contributed by atoms with Crippen molar-refractivity contribution in [3.05, 3.63) is 51.4 Å². The zero-order chi connectivity index (χ0) is 16.3. The summed E-state index contributed by atoms with van der Waals surface area (Å²) in [4.78, 5) is 21.8. The number of carbonyl (C=O) groups is 1. The summed E-state index contributed by atoms with van der Waals surface area (Å²) in [6.07, 6.45) is -4.79. The molecule has 0 spiro atoms. The van der Waals surface area contributed by atoms with Gasteiger partial charge in [-0.15, -0.1) is 13.2 Å². The van der Waals surface area contributed by atoms with Crippen molar-refractivity contribution in [1.29, 1.82) is 0 Å². The smallest absolute Gasteiger partial charge is 0.406 e. The summed E-state index contributed by atoms with van der Waals surface area (Å²) in [7, 11) is 0. The fraction of sp³-hybridized carbons (Fsp3) is 0.0833. The van der Waals surface area contributed by atoms with E-state index >= 15 is 0 Å². The number of thiophene rings is 1. The number of halogens is 3. The maximum Gasteiger partial charge on any atom is 0.573 e. The van der Waals surface area contributed by atoms with E-state index in [-0.39, 0.29) is 15.6 Å². The first-order chi connectivity index (χ1) is 10.2. The first-order valence-corrected chi connectivity index (χ1v) is 6.47. The van der Waals surface area contributed by atoms with E-state index in [9.17, 15) is 28.1 Å². The number of carbonyl (C=O) groups excluding carboxylic acids is 1. The van der Waals surface area contributed by atoms with Gasteiger partial charge in [0.25, 0.3) is 5.91 Å². The Morgan fingerprint density at radius 2 is 1.82 bits per heavy atom. The van der Waals surface area contributed by atoms with Crippen molar-refractivity contribution in [3.63, 3.8) is 0 Å². The van der Waals surface area contributed by atoms with Crippen LogP contribution in [0.5, 0.6) is 5.75 Å². The zero-order valence-electron chi connectivity index (χ0n) is 10.6. The van der Waals surface area contributed by atoms with E-state index in [0.29, 0.717) is 11.3 Å². The Morgan fingerprint density at radius 3 is 2.32 bits per heavy atom. The summed E-state index contributed by atoms with van der Waals surface area (Å²) in [5, 5.41) is 12.8. The van der Waals surface area contributed by atoms with E-state index in [1.165, 1.54) is 24.3 Å². The van der Waals surface area contributed by atoms with E-state index < -0.39 is 22.9 Å². The van der Waals surface area contributed by atoms with Crippen LogP contribution in [0.2, 0.25) is 0 Å². The second-order valence-electron chi connectivity index (χ2n) is 3.92. The van der Waals surface area contributed by atoms with Gasteiger partial charge in [0.05, 0.1) is 9.80 Å². The molecule has 0 bridgehead atoms. The van der Waals surface area contributed by atoms with E-state index in [1.807, 2.05) is 0 Å². The maximum absolute atomic E-state index is 12.0. The fourth-order valence-corrected chi connectivity index (χ4v) is 2.20. The minimum Gasteiger partial charge on any atom is -0.406 e. The van der Waals surface area contributed by atoms with Crippen LogP contribution < -0.4 is 10.1 Å². The Morgan fingerprint density at radius 1 is 1.18 bits per heavy atom. The molecule has 0 saturated heterocycles. The number of ether oxygens (including phenoxy) is 1. The van der Waals surface area contributed by atoms with Crippen molar-refractivity contribution in [2.45, 2.75) is 6.36 Å². The quantitative estimate of drug-likeness (QED) is 0.682. The Kier molecular flexibility index (Phi) is 4.31. The number of amides is 1. The molecule has 6 nitrogen and oxygen atoms in total. The number of rotatable bonds is 4. The monoisotopic (exact) mass is 332 g/mol. The molecule has 1 aromatic carbocycles. The lowest BCUT2D eigenvalue weighted by Gasteiger charge is -2.09. The molecular formula is C12H7F3N2O4S. The van der Waals surface area contributed by atoms with Gasteiger partial charge in [0, 0.05) is 11.8 Å². The number of nitrogens with zero attached hydrogens (tertiary/aromatic N) is 1. The molecule has 0 atom stereocenters. The topological polar surface area (TPSA) is 81.5 Å². The van der Waals surface area contributed by atoms with Crippen LogP contribution in [0.25, 0.3) is 0 Å². The van der Waals surface area contributed by atoms with Crippen LogP contribution in [0.15, 0.2) is 36.4 Å². The van der Waals surface area contributed by atoms with Crippen LogP contribution in [0.3, 0.4) is 0 Å². The number of hydrogen-bond acceptors (Lipinski definition) is 5. The molecule has 1 heterocycles. The summed E-state index contributed by atoms with van der Waals surface area (Å²) >= 11 is 0.695. The minimum atomic E-state index is -4.79. The zero-order valence-corrected chi connectivity index (χ0v) is 11.4. The van der Waals surface area contributed by atoms with Gasteiger partial charge in [-0.25, -0.2) is 0 Å². The molecule has 22 heavy (non-hydrogen) atoms. The summed E-state index contributed by atoms with van der Waals surface area (Å²) in [6.45, 7) is 0. The molecule has 1 amide bonds. The van der Waals surface area contributed by atoms with Crippen molar-refractivity contribution in [2.75, 3.05) is 5.32 Å². The van der Waals surface area contributed by atoms with E-state index in [4.69, 9.17) is 0 Å². The summed E-state index contributed by atoms with van der Waals surface area (Å²) in [6, 6.07) is 7.01. The van der Waals surface area contributed by atoms with Crippen molar-refractivity contribution in [3.8, 4) is 5.75 Å². The average Bonchev–Trinajstić information content (AvgIpc) is 2.89. The number of benzene rings is 1. The predicted octanol–water partition coefficient (Wildman–Crippen LogP) is 3.81. The van der Waals surface area contributed by atoms with Crippen molar-refractivity contribution >= 4 is 27.9 Å². The molecule has 0 aliphatic rings. The molecule has 0 aliphatic heterocycles. The predicted molar refractivity (Wildman–Crippen MR) is 72.1 cm³/mol. The van der Waals surface area contributed by atoms with Crippen LogP contribution in [-0.4, -0.2) is 17.2 Å². The first-order valence-electron chi connectivity index (χ1n) is 5.66. The highest BCUT2D eigenvalue weighted by Gasteiger charge is 2.31. The molecule has 116 valence electrons. The molecule has 2 aromatic rings. The van der Waals surface area contributed by atoms with Gasteiger partial charge in [-0.1, -0.05) is 11.3 Å². The Labute approximate surface area is 125 Å². The minimum absolute atomic E-state index is 0.113. The molecule has 2 rings (SSSR count). The Balaban J connectivity index is 2.03. The molecule has 0 fully saturated rings.